The van der Waals surface area contributed by atoms with E-state index in [0.29, 0.717) is 27.7 Å². The zero-order valence-electron chi connectivity index (χ0n) is 16.0. The molecule has 2 heterocycles. The van der Waals surface area contributed by atoms with Crippen molar-refractivity contribution in [1.82, 2.24) is 15.2 Å². The Kier molecular flexibility index (Phi) is 5.44. The van der Waals surface area contributed by atoms with Gasteiger partial charge < -0.3 is 4.74 Å². The van der Waals surface area contributed by atoms with Crippen LogP contribution < -0.4 is 9.64 Å². The number of anilines is 1. The van der Waals surface area contributed by atoms with Gasteiger partial charge in [-0.3, -0.25) is 9.69 Å². The third kappa shape index (κ3) is 3.80. The fourth-order valence-electron chi connectivity index (χ4n) is 3.18. The first-order chi connectivity index (χ1) is 14.1. The first-order valence-electron chi connectivity index (χ1n) is 9.27. The standard InChI is InChI=1S/C21H19FN4O2S/c1-3-11-29-21-23-19-18(24-25-21)16-9-4-5-10-17(16)26(13(2)27)20(28-19)14-7-6-8-15(22)12-14/h4-10,12,20H,3,11H2,1-2H3. The van der Waals surface area contributed by atoms with E-state index in [1.54, 1.807) is 12.1 Å². The molecule has 8 heteroatoms. The van der Waals surface area contributed by atoms with Gasteiger partial charge in [-0.1, -0.05) is 49.0 Å². The molecule has 0 saturated heterocycles. The molecule has 2 aromatic carbocycles. The monoisotopic (exact) mass is 410 g/mol. The molecular formula is C21H19FN4O2S. The van der Waals surface area contributed by atoms with Crippen molar-refractivity contribution in [2.24, 2.45) is 0 Å². The van der Waals surface area contributed by atoms with Crippen LogP contribution in [0.2, 0.25) is 0 Å². The van der Waals surface area contributed by atoms with E-state index in [4.69, 9.17) is 4.74 Å². The fourth-order valence-corrected chi connectivity index (χ4v) is 3.82. The molecule has 1 aliphatic rings. The summed E-state index contributed by atoms with van der Waals surface area (Å²) < 4.78 is 20.1. The number of hydrogen-bond donors (Lipinski definition) is 0. The highest BCUT2D eigenvalue weighted by Gasteiger charge is 2.34. The van der Waals surface area contributed by atoms with E-state index >= 15 is 0 Å². The van der Waals surface area contributed by atoms with E-state index in [2.05, 4.69) is 22.1 Å². The minimum absolute atomic E-state index is 0.243. The van der Waals surface area contributed by atoms with Crippen LogP contribution in [0.1, 0.15) is 32.1 Å². The van der Waals surface area contributed by atoms with Crippen LogP contribution in [0.4, 0.5) is 10.1 Å². The zero-order valence-corrected chi connectivity index (χ0v) is 16.8. The van der Waals surface area contributed by atoms with Crippen molar-refractivity contribution in [2.75, 3.05) is 10.7 Å². The number of amides is 1. The van der Waals surface area contributed by atoms with E-state index in [0.717, 1.165) is 12.2 Å². The number of hydrogen-bond acceptors (Lipinski definition) is 6. The fraction of sp³-hybridized carbons (Fsp3) is 0.238. The SMILES string of the molecule is CCCSc1nnc2c(n1)OC(c1cccc(F)c1)N(C(C)=O)c1ccccc1-2. The molecule has 29 heavy (non-hydrogen) atoms. The number of fused-ring (bicyclic) bond motifs is 3. The van der Waals surface area contributed by atoms with Gasteiger partial charge in [0, 0.05) is 23.8 Å². The van der Waals surface area contributed by atoms with Crippen molar-refractivity contribution in [3.05, 3.63) is 59.9 Å². The maximum Gasteiger partial charge on any atom is 0.247 e. The number of carbonyl (C=O) groups is 1. The lowest BCUT2D eigenvalue weighted by atomic mass is 10.1. The molecule has 3 aromatic rings. The summed E-state index contributed by atoms with van der Waals surface area (Å²) in [5.41, 5.74) is 2.25. The maximum absolute atomic E-state index is 13.9. The van der Waals surface area contributed by atoms with E-state index in [9.17, 15) is 9.18 Å². The number of rotatable bonds is 4. The lowest BCUT2D eigenvalue weighted by Crippen LogP contribution is -2.36. The molecule has 0 aliphatic carbocycles. The molecule has 1 aromatic heterocycles. The number of halogens is 1. The van der Waals surface area contributed by atoms with Gasteiger partial charge in [0.25, 0.3) is 0 Å². The minimum atomic E-state index is -0.883. The summed E-state index contributed by atoms with van der Waals surface area (Å²) in [6.07, 6.45) is 0.0880. The Morgan fingerprint density at radius 2 is 2.03 bits per heavy atom. The molecule has 1 aliphatic heterocycles. The summed E-state index contributed by atoms with van der Waals surface area (Å²) in [6, 6.07) is 13.3. The molecule has 0 N–H and O–H groups in total. The molecule has 0 bridgehead atoms. The van der Waals surface area contributed by atoms with Crippen LogP contribution in [0.15, 0.2) is 53.7 Å². The third-order valence-corrected chi connectivity index (χ3v) is 5.46. The maximum atomic E-state index is 13.9. The molecular weight excluding hydrogens is 391 g/mol. The molecule has 1 unspecified atom stereocenters. The van der Waals surface area contributed by atoms with Crippen molar-refractivity contribution < 1.29 is 13.9 Å². The molecule has 148 valence electrons. The van der Waals surface area contributed by atoms with E-state index < -0.39 is 12.0 Å². The van der Waals surface area contributed by atoms with Gasteiger partial charge in [0.15, 0.2) is 5.69 Å². The number of para-hydroxylation sites is 1. The normalized spacial score (nSPS) is 15.1. The van der Waals surface area contributed by atoms with Crippen molar-refractivity contribution in [2.45, 2.75) is 31.7 Å². The highest BCUT2D eigenvalue weighted by molar-refractivity contribution is 7.99. The molecule has 6 nitrogen and oxygen atoms in total. The van der Waals surface area contributed by atoms with Crippen molar-refractivity contribution in [3.8, 4) is 17.1 Å². The van der Waals surface area contributed by atoms with E-state index in [1.807, 2.05) is 24.3 Å². The molecule has 0 radical (unpaired) electrons. The number of aromatic nitrogens is 3. The third-order valence-electron chi connectivity index (χ3n) is 4.42. The molecule has 1 atom stereocenters. The Balaban J connectivity index is 1.91. The molecule has 1 amide bonds. The Bertz CT molecular complexity index is 1060. The van der Waals surface area contributed by atoms with Gasteiger partial charge in [0.2, 0.25) is 23.2 Å². The van der Waals surface area contributed by atoms with Gasteiger partial charge in [-0.05, 0) is 24.6 Å². The molecule has 4 rings (SSSR count). The van der Waals surface area contributed by atoms with Gasteiger partial charge in [0.1, 0.15) is 5.82 Å². The minimum Gasteiger partial charge on any atom is -0.447 e. The summed E-state index contributed by atoms with van der Waals surface area (Å²) in [7, 11) is 0. The predicted molar refractivity (Wildman–Crippen MR) is 109 cm³/mol. The smallest absolute Gasteiger partial charge is 0.247 e. The van der Waals surface area contributed by atoms with Crippen LogP contribution >= 0.6 is 11.8 Å². The summed E-state index contributed by atoms with van der Waals surface area (Å²) >= 11 is 1.48. The second-order valence-electron chi connectivity index (χ2n) is 6.53. The van der Waals surface area contributed by atoms with Crippen LogP contribution in [0, 0.1) is 5.82 Å². The van der Waals surface area contributed by atoms with Crippen LogP contribution in [-0.2, 0) is 4.79 Å². The van der Waals surface area contributed by atoms with Crippen LogP contribution in [0.5, 0.6) is 5.88 Å². The van der Waals surface area contributed by atoms with Crippen molar-refractivity contribution in [1.29, 1.82) is 0 Å². The van der Waals surface area contributed by atoms with Gasteiger partial charge >= 0.3 is 0 Å². The summed E-state index contributed by atoms with van der Waals surface area (Å²) in [4.78, 5) is 18.7. The number of carbonyl (C=O) groups excluding carboxylic acids is 1. The van der Waals surface area contributed by atoms with Crippen LogP contribution in [0.25, 0.3) is 11.3 Å². The van der Waals surface area contributed by atoms with Crippen molar-refractivity contribution >= 4 is 23.4 Å². The highest BCUT2D eigenvalue weighted by Crippen LogP contribution is 2.43. The summed E-state index contributed by atoms with van der Waals surface area (Å²) in [5.74, 6) is 0.466. The van der Waals surface area contributed by atoms with Gasteiger partial charge in [-0.25, -0.2) is 4.39 Å². The highest BCUT2D eigenvalue weighted by atomic mass is 32.2. The zero-order chi connectivity index (χ0) is 20.4. The average Bonchev–Trinajstić information content (AvgIpc) is 2.86. The van der Waals surface area contributed by atoms with Gasteiger partial charge in [0.05, 0.1) is 5.69 Å². The largest absolute Gasteiger partial charge is 0.447 e. The quantitative estimate of drug-likeness (QED) is 0.585. The Hall–Kier alpha value is -3.00. The summed E-state index contributed by atoms with van der Waals surface area (Å²) in [5, 5.41) is 9.05. The van der Waals surface area contributed by atoms with Gasteiger partial charge in [-0.15, -0.1) is 10.2 Å². The summed E-state index contributed by atoms with van der Waals surface area (Å²) in [6.45, 7) is 3.52. The average molecular weight is 410 g/mol. The lowest BCUT2D eigenvalue weighted by molar-refractivity contribution is -0.118. The number of ether oxygens (including phenoxy) is 1. The number of thioether (sulfide) groups is 1. The van der Waals surface area contributed by atoms with E-state index in [1.165, 1.54) is 35.7 Å². The Labute approximate surface area is 172 Å². The second-order valence-corrected chi connectivity index (χ2v) is 7.59. The second kappa shape index (κ2) is 8.16. The predicted octanol–water partition coefficient (Wildman–Crippen LogP) is 4.62. The topological polar surface area (TPSA) is 68.2 Å². The van der Waals surface area contributed by atoms with E-state index in [-0.39, 0.29) is 11.8 Å². The van der Waals surface area contributed by atoms with Crippen LogP contribution in [-0.4, -0.2) is 26.8 Å². The van der Waals surface area contributed by atoms with Crippen molar-refractivity contribution in [3.63, 3.8) is 0 Å². The van der Waals surface area contributed by atoms with Crippen LogP contribution in [0.3, 0.4) is 0 Å². The van der Waals surface area contributed by atoms with Gasteiger partial charge in [-0.2, -0.15) is 4.98 Å². The first kappa shape index (κ1) is 19.3. The molecule has 0 saturated carbocycles. The molecule has 0 fully saturated rings. The Morgan fingerprint density at radius 3 is 2.79 bits per heavy atom. The molecule has 0 spiro atoms. The number of benzene rings is 2. The first-order valence-corrected chi connectivity index (χ1v) is 10.3. The number of nitrogens with zero attached hydrogens (tertiary/aromatic N) is 4. The lowest BCUT2D eigenvalue weighted by Gasteiger charge is -2.29. The Morgan fingerprint density at radius 1 is 1.21 bits per heavy atom.